The summed E-state index contributed by atoms with van der Waals surface area (Å²) >= 11 is 1.56. The number of carbonyl (C=O) groups excluding carboxylic acids is 1. The lowest BCUT2D eigenvalue weighted by Crippen LogP contribution is -2.36. The van der Waals surface area contributed by atoms with Crippen LogP contribution in [0.4, 0.5) is 0 Å². The maximum absolute atomic E-state index is 12.5. The number of ether oxygens (including phenoxy) is 1. The van der Waals surface area contributed by atoms with E-state index in [9.17, 15) is 9.59 Å². The minimum Gasteiger partial charge on any atom is -0.487 e. The van der Waals surface area contributed by atoms with Gasteiger partial charge in [-0.2, -0.15) is 0 Å². The van der Waals surface area contributed by atoms with Crippen molar-refractivity contribution in [3.05, 3.63) is 45.9 Å². The maximum atomic E-state index is 12.5. The molecule has 0 saturated heterocycles. The summed E-state index contributed by atoms with van der Waals surface area (Å²) in [7, 11) is 0. The van der Waals surface area contributed by atoms with E-state index in [-0.39, 0.29) is 12.5 Å². The van der Waals surface area contributed by atoms with Crippen LogP contribution in [0.5, 0.6) is 5.75 Å². The van der Waals surface area contributed by atoms with Crippen molar-refractivity contribution >= 4 is 23.2 Å². The minimum atomic E-state index is -1.02. The van der Waals surface area contributed by atoms with Gasteiger partial charge in [0.05, 0.1) is 10.7 Å². The molecule has 0 aliphatic heterocycles. The highest BCUT2D eigenvalue weighted by atomic mass is 32.1. The van der Waals surface area contributed by atoms with Gasteiger partial charge < -0.3 is 14.7 Å². The zero-order chi connectivity index (χ0) is 17.5. The minimum absolute atomic E-state index is 0.310. The van der Waals surface area contributed by atoms with Gasteiger partial charge in [0.2, 0.25) is 0 Å². The summed E-state index contributed by atoms with van der Waals surface area (Å²) in [6.45, 7) is 4.25. The number of aliphatic carboxylic acids is 1. The Morgan fingerprint density at radius 3 is 2.79 bits per heavy atom. The number of thiazole rings is 1. The molecule has 2 aromatic rings. The topological polar surface area (TPSA) is 79.7 Å². The van der Waals surface area contributed by atoms with Crippen LogP contribution < -0.4 is 4.74 Å². The van der Waals surface area contributed by atoms with Crippen molar-refractivity contribution in [1.82, 2.24) is 9.88 Å². The lowest BCUT2D eigenvalue weighted by molar-refractivity contribution is -0.137. The number of rotatable bonds is 8. The number of carboxylic acid groups (broad SMARTS) is 1. The molecular weight excluding hydrogens is 328 g/mol. The van der Waals surface area contributed by atoms with Crippen LogP contribution in [0, 0.1) is 6.92 Å². The van der Waals surface area contributed by atoms with Gasteiger partial charge in [-0.05, 0) is 31.5 Å². The summed E-state index contributed by atoms with van der Waals surface area (Å²) in [5.74, 6) is -0.782. The molecule has 0 aliphatic rings. The van der Waals surface area contributed by atoms with E-state index >= 15 is 0 Å². The molecule has 128 valence electrons. The lowest BCUT2D eigenvalue weighted by atomic mass is 10.2. The number of nitrogens with zero attached hydrogens (tertiary/aromatic N) is 2. The third-order valence-corrected chi connectivity index (χ3v) is 4.06. The maximum Gasteiger partial charge on any atom is 0.323 e. The number of benzene rings is 1. The quantitative estimate of drug-likeness (QED) is 0.793. The van der Waals surface area contributed by atoms with Gasteiger partial charge in [-0.3, -0.25) is 9.59 Å². The van der Waals surface area contributed by atoms with Crippen LogP contribution in [0.25, 0.3) is 0 Å². The Labute approximate surface area is 144 Å². The zero-order valence-electron chi connectivity index (χ0n) is 13.7. The van der Waals surface area contributed by atoms with Crippen molar-refractivity contribution < 1.29 is 19.4 Å². The fourth-order valence-electron chi connectivity index (χ4n) is 2.22. The number of hydrogen-bond donors (Lipinski definition) is 1. The molecule has 0 unspecified atom stereocenters. The SMILES string of the molecule is CCCN(CC(=O)O)C(=O)c1cccc(OCc2csc(C)n2)c1. The highest BCUT2D eigenvalue weighted by Gasteiger charge is 2.18. The molecule has 0 aliphatic carbocycles. The van der Waals surface area contributed by atoms with Crippen LogP contribution in [-0.2, 0) is 11.4 Å². The van der Waals surface area contributed by atoms with Gasteiger partial charge in [-0.15, -0.1) is 11.3 Å². The fraction of sp³-hybridized carbons (Fsp3) is 0.353. The number of amides is 1. The van der Waals surface area contributed by atoms with Crippen molar-refractivity contribution in [1.29, 1.82) is 0 Å². The van der Waals surface area contributed by atoms with Gasteiger partial charge in [0.1, 0.15) is 18.9 Å². The first-order chi connectivity index (χ1) is 11.5. The standard InChI is InChI=1S/C17H20N2O4S/c1-3-7-19(9-16(20)21)17(22)13-5-4-6-15(8-13)23-10-14-11-24-12(2)18-14/h4-6,8,11H,3,7,9-10H2,1-2H3,(H,20,21). The summed E-state index contributed by atoms with van der Waals surface area (Å²) in [6.07, 6.45) is 0.693. The average molecular weight is 348 g/mol. The van der Waals surface area contributed by atoms with Gasteiger partial charge in [0, 0.05) is 17.5 Å². The second-order valence-corrected chi connectivity index (χ2v) is 6.36. The monoisotopic (exact) mass is 348 g/mol. The summed E-state index contributed by atoms with van der Waals surface area (Å²) < 4.78 is 5.67. The Hall–Kier alpha value is -2.41. The Kier molecular flexibility index (Phi) is 6.31. The molecule has 0 bridgehead atoms. The van der Waals surface area contributed by atoms with Crippen molar-refractivity contribution in [2.75, 3.05) is 13.1 Å². The first-order valence-corrected chi connectivity index (χ1v) is 8.52. The van der Waals surface area contributed by atoms with Crippen molar-refractivity contribution in [3.63, 3.8) is 0 Å². The van der Waals surface area contributed by atoms with E-state index in [0.29, 0.717) is 30.9 Å². The number of hydrogen-bond acceptors (Lipinski definition) is 5. The zero-order valence-corrected chi connectivity index (χ0v) is 14.5. The summed E-state index contributed by atoms with van der Waals surface area (Å²) in [4.78, 5) is 29.1. The second kappa shape index (κ2) is 8.44. The molecule has 0 spiro atoms. The smallest absolute Gasteiger partial charge is 0.323 e. The summed E-state index contributed by atoms with van der Waals surface area (Å²) in [5.41, 5.74) is 1.25. The van der Waals surface area contributed by atoms with E-state index in [1.807, 2.05) is 19.2 Å². The molecule has 0 fully saturated rings. The molecule has 0 saturated carbocycles. The van der Waals surface area contributed by atoms with Gasteiger partial charge in [-0.25, -0.2) is 4.98 Å². The molecular formula is C17H20N2O4S. The largest absolute Gasteiger partial charge is 0.487 e. The molecule has 6 nitrogen and oxygen atoms in total. The normalized spacial score (nSPS) is 10.4. The number of aryl methyl sites for hydroxylation is 1. The fourth-order valence-corrected chi connectivity index (χ4v) is 2.82. The molecule has 0 atom stereocenters. The molecule has 1 aromatic heterocycles. The molecule has 7 heteroatoms. The van der Waals surface area contributed by atoms with E-state index < -0.39 is 5.97 Å². The van der Waals surface area contributed by atoms with E-state index in [0.717, 1.165) is 10.7 Å². The van der Waals surface area contributed by atoms with Crippen molar-refractivity contribution in [2.24, 2.45) is 0 Å². The van der Waals surface area contributed by atoms with Crippen LogP contribution in [0.15, 0.2) is 29.6 Å². The Balaban J connectivity index is 2.07. The molecule has 1 heterocycles. The molecule has 2 rings (SSSR count). The number of carboxylic acids is 1. The highest BCUT2D eigenvalue weighted by Crippen LogP contribution is 2.17. The van der Waals surface area contributed by atoms with E-state index in [1.165, 1.54) is 4.90 Å². The number of carbonyl (C=O) groups is 2. The van der Waals surface area contributed by atoms with Gasteiger partial charge in [0.25, 0.3) is 5.91 Å². The Morgan fingerprint density at radius 2 is 2.17 bits per heavy atom. The van der Waals surface area contributed by atoms with Gasteiger partial charge >= 0.3 is 5.97 Å². The van der Waals surface area contributed by atoms with E-state index in [4.69, 9.17) is 9.84 Å². The molecule has 24 heavy (non-hydrogen) atoms. The third kappa shape index (κ3) is 5.06. The van der Waals surface area contributed by atoms with E-state index in [2.05, 4.69) is 4.98 Å². The van der Waals surface area contributed by atoms with Crippen LogP contribution in [0.2, 0.25) is 0 Å². The summed E-state index contributed by atoms with van der Waals surface area (Å²) in [5, 5.41) is 11.9. The van der Waals surface area contributed by atoms with Crippen LogP contribution in [0.1, 0.15) is 34.4 Å². The second-order valence-electron chi connectivity index (χ2n) is 5.29. The summed E-state index contributed by atoms with van der Waals surface area (Å²) in [6, 6.07) is 6.77. The third-order valence-electron chi connectivity index (χ3n) is 3.24. The number of aromatic nitrogens is 1. The molecule has 1 N–H and O–H groups in total. The lowest BCUT2D eigenvalue weighted by Gasteiger charge is -2.20. The highest BCUT2D eigenvalue weighted by molar-refractivity contribution is 7.09. The Bertz CT molecular complexity index is 714. The van der Waals surface area contributed by atoms with Crippen molar-refractivity contribution in [2.45, 2.75) is 26.9 Å². The van der Waals surface area contributed by atoms with Crippen LogP contribution in [-0.4, -0.2) is 40.0 Å². The predicted molar refractivity (Wildman–Crippen MR) is 91.5 cm³/mol. The van der Waals surface area contributed by atoms with Crippen LogP contribution >= 0.6 is 11.3 Å². The first kappa shape index (κ1) is 17.9. The Morgan fingerprint density at radius 1 is 1.38 bits per heavy atom. The average Bonchev–Trinajstić information content (AvgIpc) is 2.97. The van der Waals surface area contributed by atoms with Crippen LogP contribution in [0.3, 0.4) is 0 Å². The molecule has 0 radical (unpaired) electrons. The first-order valence-electron chi connectivity index (χ1n) is 7.64. The van der Waals surface area contributed by atoms with Gasteiger partial charge in [-0.1, -0.05) is 13.0 Å². The van der Waals surface area contributed by atoms with Crippen molar-refractivity contribution in [3.8, 4) is 5.75 Å². The van der Waals surface area contributed by atoms with Gasteiger partial charge in [0.15, 0.2) is 0 Å². The predicted octanol–water partition coefficient (Wildman–Crippen LogP) is 2.97. The molecule has 1 aromatic carbocycles. The van der Waals surface area contributed by atoms with E-state index in [1.54, 1.807) is 35.6 Å². The molecule has 1 amide bonds.